The highest BCUT2D eigenvalue weighted by Gasteiger charge is 2.62. The Kier molecular flexibility index (Phi) is 10.2. The van der Waals surface area contributed by atoms with Crippen molar-refractivity contribution in [3.05, 3.63) is 210 Å². The summed E-state index contributed by atoms with van der Waals surface area (Å²) in [4.78, 5) is 88.6. The van der Waals surface area contributed by atoms with Gasteiger partial charge in [-0.25, -0.2) is 17.6 Å². The van der Waals surface area contributed by atoms with E-state index >= 15 is 9.59 Å². The van der Waals surface area contributed by atoms with Gasteiger partial charge in [0.1, 0.15) is 24.8 Å². The molecule has 0 atom stereocenters. The lowest BCUT2D eigenvalue weighted by atomic mass is 9.79. The molecule has 354 valence electrons. The third-order valence-electron chi connectivity index (χ3n) is 13.3. The van der Waals surface area contributed by atoms with Crippen molar-refractivity contribution in [1.82, 2.24) is 0 Å². The van der Waals surface area contributed by atoms with Crippen LogP contribution in [0, 0.1) is 23.3 Å². The van der Waals surface area contributed by atoms with Crippen LogP contribution in [0.3, 0.4) is 0 Å². The van der Waals surface area contributed by atoms with E-state index in [4.69, 9.17) is 9.47 Å². The van der Waals surface area contributed by atoms with Gasteiger partial charge in [0, 0.05) is 64.0 Å². The normalized spacial score (nSPS) is 15.0. The van der Waals surface area contributed by atoms with Gasteiger partial charge in [0.15, 0.2) is 34.8 Å². The van der Waals surface area contributed by atoms with Crippen molar-refractivity contribution in [3.8, 4) is 9.75 Å². The van der Waals surface area contributed by atoms with Crippen molar-refractivity contribution in [2.24, 2.45) is 0 Å². The van der Waals surface area contributed by atoms with Gasteiger partial charge in [0.2, 0.25) is 5.41 Å². The van der Waals surface area contributed by atoms with Crippen molar-refractivity contribution >= 4 is 133 Å². The quantitative estimate of drug-likeness (QED) is 0.0485. The lowest BCUT2D eigenvalue weighted by molar-refractivity contribution is -0.164. The van der Waals surface area contributed by atoms with E-state index in [1.807, 2.05) is 12.1 Å². The molecule has 13 rings (SSSR count). The zero-order chi connectivity index (χ0) is 50.2. The number of hydrogen-bond acceptors (Lipinski definition) is 12. The van der Waals surface area contributed by atoms with E-state index in [0.717, 1.165) is 40.9 Å². The molecule has 0 spiro atoms. The van der Waals surface area contributed by atoms with Gasteiger partial charge in [-0.15, -0.1) is 45.3 Å². The zero-order valence-corrected chi connectivity index (χ0v) is 40.3. The molecule has 0 amide bonds. The van der Waals surface area contributed by atoms with Crippen molar-refractivity contribution in [2.45, 2.75) is 18.6 Å². The molecule has 10 aromatic rings. The standard InChI is InChI=1S/C57H26F4O8S4/c58-30-11-29-14-36-37(22-33(29)40(59)17-30)50(65)39(49(36)64)19-32-21-44-52(71-32)46-54(73-44)53-45(57(46,55(66)68-23-25-7-3-1-4-8-25)56(67)69-24-26-9-5-2-6-10-26)51-43(72-53)20-31(70-51)18-38-47(62)34-12-27-15-41(60)42(61)16-28(27)13-35(34)48(38)63/h1-22H,23-24H2/b39-19-. The topological polar surface area (TPSA) is 121 Å². The number of hydrogen-bond donors (Lipinski definition) is 0. The molecular weight excluding hydrogens is 1020 g/mol. The molecule has 0 N–H and O–H groups in total. The molecule has 3 aliphatic carbocycles. The highest BCUT2D eigenvalue weighted by Crippen LogP contribution is 2.63. The molecule has 4 aromatic heterocycles. The second-order valence-corrected chi connectivity index (χ2v) is 21.9. The van der Waals surface area contributed by atoms with E-state index in [0.29, 0.717) is 66.6 Å². The zero-order valence-electron chi connectivity index (χ0n) is 37.0. The fraction of sp³-hybridized carbons (Fsp3) is 0.0526. The SMILES string of the molecule is O=C1C(=Cc2cc3sc4c(c3s2)C(C(=O)OCc2ccccc2)(C(=O)OCc2ccccc2)c2c-4sc3cc(/C=C4/C(=O)c5cc6cc(F)cc(F)c6cc5C4=O)sc23)C(=O)c2cc3cc(F)c(F)cc3cc21. The Labute approximate surface area is 424 Å². The van der Waals surface area contributed by atoms with Crippen LogP contribution < -0.4 is 0 Å². The van der Waals surface area contributed by atoms with Crippen LogP contribution in [0.5, 0.6) is 0 Å². The molecule has 73 heavy (non-hydrogen) atoms. The Hall–Kier alpha value is -8.02. The van der Waals surface area contributed by atoms with Gasteiger partial charge in [-0.3, -0.25) is 28.8 Å². The van der Waals surface area contributed by atoms with Crippen LogP contribution >= 0.6 is 45.3 Å². The molecule has 0 saturated carbocycles. The van der Waals surface area contributed by atoms with Crippen LogP contribution in [0.15, 0.2) is 132 Å². The Morgan fingerprint density at radius 2 is 0.904 bits per heavy atom. The average Bonchev–Trinajstić information content (AvgIpc) is 4.24. The number of carbonyl (C=O) groups excluding carboxylic acids is 6. The predicted molar refractivity (Wildman–Crippen MR) is 273 cm³/mol. The van der Waals surface area contributed by atoms with Crippen LogP contribution in [-0.4, -0.2) is 35.1 Å². The first kappa shape index (κ1) is 44.9. The van der Waals surface area contributed by atoms with Gasteiger partial charge in [-0.1, -0.05) is 60.7 Å². The maximum Gasteiger partial charge on any atom is 0.333 e. The van der Waals surface area contributed by atoms with E-state index in [-0.39, 0.29) is 68.2 Å². The molecule has 0 unspecified atom stereocenters. The molecule has 0 aliphatic heterocycles. The first-order chi connectivity index (χ1) is 35.3. The number of Topliss-reactive ketones (excluding diaryl/α,β-unsaturated/α-hetero) is 4. The first-order valence-corrected chi connectivity index (χ1v) is 25.6. The third-order valence-corrected chi connectivity index (χ3v) is 18.2. The van der Waals surface area contributed by atoms with Gasteiger partial charge < -0.3 is 9.47 Å². The summed E-state index contributed by atoms with van der Waals surface area (Å²) in [6, 6.07) is 30.4. The van der Waals surface area contributed by atoms with E-state index in [2.05, 4.69) is 0 Å². The highest BCUT2D eigenvalue weighted by molar-refractivity contribution is 7.35. The molecule has 4 heterocycles. The van der Waals surface area contributed by atoms with Crippen molar-refractivity contribution in [3.63, 3.8) is 0 Å². The number of carbonyl (C=O) groups is 6. The van der Waals surface area contributed by atoms with E-state index in [9.17, 15) is 36.7 Å². The number of benzene rings is 6. The highest BCUT2D eigenvalue weighted by atomic mass is 32.1. The molecular formula is C57H26F4O8S4. The second-order valence-electron chi connectivity index (χ2n) is 17.6. The first-order valence-electron chi connectivity index (χ1n) is 22.3. The minimum atomic E-state index is -2.26. The number of thiophene rings is 4. The number of ketones is 4. The Balaban J connectivity index is 0.960. The smallest absolute Gasteiger partial charge is 0.333 e. The summed E-state index contributed by atoms with van der Waals surface area (Å²) in [5, 5.41) is 0.593. The van der Waals surface area contributed by atoms with Gasteiger partial charge >= 0.3 is 11.9 Å². The Morgan fingerprint density at radius 3 is 1.36 bits per heavy atom. The summed E-state index contributed by atoms with van der Waals surface area (Å²) in [6.07, 6.45) is 2.86. The molecule has 0 saturated heterocycles. The molecule has 0 bridgehead atoms. The summed E-state index contributed by atoms with van der Waals surface area (Å²) in [7, 11) is 0. The number of fused-ring (bicyclic) bond motifs is 11. The van der Waals surface area contributed by atoms with Gasteiger partial charge in [-0.2, -0.15) is 0 Å². The van der Waals surface area contributed by atoms with Crippen LogP contribution in [-0.2, 0) is 37.7 Å². The predicted octanol–water partition coefficient (Wildman–Crippen LogP) is 13.8. The number of esters is 2. The number of ether oxygens (including phenoxy) is 2. The van der Waals surface area contributed by atoms with Crippen LogP contribution in [0.25, 0.3) is 62.3 Å². The fourth-order valence-electron chi connectivity index (χ4n) is 9.95. The van der Waals surface area contributed by atoms with Crippen molar-refractivity contribution < 1.29 is 55.8 Å². The Morgan fingerprint density at radius 1 is 0.479 bits per heavy atom. The van der Waals surface area contributed by atoms with E-state index < -0.39 is 63.8 Å². The molecule has 6 aromatic carbocycles. The third kappa shape index (κ3) is 6.81. The van der Waals surface area contributed by atoms with E-state index in [1.54, 1.807) is 60.7 Å². The number of halogens is 4. The van der Waals surface area contributed by atoms with Crippen molar-refractivity contribution in [1.29, 1.82) is 0 Å². The van der Waals surface area contributed by atoms with Gasteiger partial charge in [-0.05, 0) is 94.0 Å². The maximum atomic E-state index is 15.5. The minimum Gasteiger partial charge on any atom is -0.459 e. The summed E-state index contributed by atoms with van der Waals surface area (Å²) >= 11 is 4.89. The van der Waals surface area contributed by atoms with Gasteiger partial charge in [0.05, 0.1) is 30.3 Å². The lowest BCUT2D eigenvalue weighted by Crippen LogP contribution is -2.45. The van der Waals surface area contributed by atoms with Crippen LogP contribution in [0.1, 0.15) is 73.4 Å². The van der Waals surface area contributed by atoms with Gasteiger partial charge in [0.25, 0.3) is 0 Å². The number of allylic oxidation sites excluding steroid dienone is 2. The van der Waals surface area contributed by atoms with Crippen LogP contribution in [0.4, 0.5) is 17.6 Å². The summed E-state index contributed by atoms with van der Waals surface area (Å²) in [5.74, 6) is -8.26. The number of rotatable bonds is 8. The second kappa shape index (κ2) is 16.5. The molecule has 16 heteroatoms. The van der Waals surface area contributed by atoms with Crippen LogP contribution in [0.2, 0.25) is 0 Å². The molecule has 8 nitrogen and oxygen atoms in total. The largest absolute Gasteiger partial charge is 0.459 e. The van der Waals surface area contributed by atoms with Crippen molar-refractivity contribution in [2.75, 3.05) is 0 Å². The fourth-order valence-corrected chi connectivity index (χ4v) is 15.5. The summed E-state index contributed by atoms with van der Waals surface area (Å²) < 4.78 is 72.0. The Bertz CT molecular complexity index is 4150. The monoisotopic (exact) mass is 1040 g/mol. The molecule has 0 fully saturated rings. The lowest BCUT2D eigenvalue weighted by Gasteiger charge is -2.27. The van der Waals surface area contributed by atoms with E-state index in [1.165, 1.54) is 59.1 Å². The minimum absolute atomic E-state index is 0.00176. The summed E-state index contributed by atoms with van der Waals surface area (Å²) in [6.45, 7) is -0.421. The maximum absolute atomic E-state index is 15.5. The average molecular weight is 1040 g/mol. The molecule has 0 radical (unpaired) electrons. The summed E-state index contributed by atoms with van der Waals surface area (Å²) in [5.41, 5.74) is -0.697. The molecule has 3 aliphatic rings.